The van der Waals surface area contributed by atoms with Crippen LogP contribution in [0.3, 0.4) is 0 Å². The third-order valence-corrected chi connectivity index (χ3v) is 1.40. The van der Waals surface area contributed by atoms with Crippen LogP contribution >= 0.6 is 0 Å². The predicted octanol–water partition coefficient (Wildman–Crippen LogP) is 1.72. The molecule has 0 spiro atoms. The van der Waals surface area contributed by atoms with E-state index in [1.165, 1.54) is 5.56 Å². The normalized spacial score (nSPS) is 8.58. The van der Waals surface area contributed by atoms with E-state index in [9.17, 15) is 0 Å². The molecule has 0 radical (unpaired) electrons. The third kappa shape index (κ3) is 4.88. The van der Waals surface area contributed by atoms with Gasteiger partial charge in [-0.25, -0.2) is 0 Å². The van der Waals surface area contributed by atoms with Crippen molar-refractivity contribution in [2.24, 2.45) is 5.84 Å². The summed E-state index contributed by atoms with van der Waals surface area (Å²) in [5, 5.41) is 0. The zero-order valence-electron chi connectivity index (χ0n) is 7.88. The van der Waals surface area contributed by atoms with E-state index in [1.54, 1.807) is 0 Å². The molecule has 1 rings (SSSR count). The number of hydrogen-bond donors (Lipinski definition) is 2. The van der Waals surface area contributed by atoms with E-state index in [1.807, 2.05) is 32.0 Å². The van der Waals surface area contributed by atoms with E-state index in [-0.39, 0.29) is 0 Å². The number of hydrazine groups is 1. The molecule has 0 unspecified atom stereocenters. The summed E-state index contributed by atoms with van der Waals surface area (Å²) in [6, 6.07) is 10.3. The molecule has 2 nitrogen and oxygen atoms in total. The number of nitrogens with one attached hydrogen (secondary N) is 1. The van der Waals surface area contributed by atoms with Gasteiger partial charge in [-0.15, -0.1) is 0 Å². The molecule has 0 aliphatic heterocycles. The van der Waals surface area contributed by atoms with Crippen molar-refractivity contribution in [3.05, 3.63) is 35.9 Å². The molecule has 0 bridgehead atoms. The minimum atomic E-state index is 0.837. The largest absolute Gasteiger partial charge is 0.271 e. The van der Waals surface area contributed by atoms with Crippen molar-refractivity contribution in [1.82, 2.24) is 5.43 Å². The lowest BCUT2D eigenvalue weighted by molar-refractivity contribution is 0.728. The molecule has 0 amide bonds. The van der Waals surface area contributed by atoms with Crippen molar-refractivity contribution in [3.8, 4) is 0 Å². The Hall–Kier alpha value is -0.860. The third-order valence-electron chi connectivity index (χ3n) is 1.40. The Morgan fingerprint density at radius 1 is 1.17 bits per heavy atom. The monoisotopic (exact) mass is 166 g/mol. The summed E-state index contributed by atoms with van der Waals surface area (Å²) in [6.07, 6.45) is 0.997. The molecule has 68 valence electrons. The average molecular weight is 166 g/mol. The highest BCUT2D eigenvalue weighted by Crippen LogP contribution is 1.97. The number of hydrogen-bond acceptors (Lipinski definition) is 2. The van der Waals surface area contributed by atoms with Crippen molar-refractivity contribution in [3.63, 3.8) is 0 Å². The molecule has 0 heterocycles. The number of nitrogens with two attached hydrogens (primary N) is 1. The summed E-state index contributed by atoms with van der Waals surface area (Å²) in [5.41, 5.74) is 3.94. The zero-order chi connectivity index (χ0) is 9.23. The van der Waals surface area contributed by atoms with Gasteiger partial charge < -0.3 is 0 Å². The van der Waals surface area contributed by atoms with Crippen molar-refractivity contribution in [2.45, 2.75) is 20.3 Å². The van der Waals surface area contributed by atoms with Gasteiger partial charge in [-0.05, 0) is 12.0 Å². The van der Waals surface area contributed by atoms with Crippen LogP contribution in [0, 0.1) is 0 Å². The second kappa shape index (κ2) is 8.24. The highest BCUT2D eigenvalue weighted by molar-refractivity contribution is 5.14. The second-order valence-corrected chi connectivity index (χ2v) is 2.19. The summed E-state index contributed by atoms with van der Waals surface area (Å²) < 4.78 is 0. The van der Waals surface area contributed by atoms with E-state index in [0.29, 0.717) is 0 Å². The summed E-state index contributed by atoms with van der Waals surface area (Å²) in [6.45, 7) is 4.84. The maximum Gasteiger partial charge on any atom is 0.0138 e. The van der Waals surface area contributed by atoms with Gasteiger partial charge in [0.05, 0.1) is 0 Å². The smallest absolute Gasteiger partial charge is 0.0138 e. The lowest BCUT2D eigenvalue weighted by Crippen LogP contribution is -2.24. The van der Waals surface area contributed by atoms with Crippen LogP contribution in [0.4, 0.5) is 0 Å². The standard InChI is InChI=1S/C8H12N2.C2H6/c9-10-7-6-8-4-2-1-3-5-8;1-2/h1-5,10H,6-7,9H2;1-2H3. The van der Waals surface area contributed by atoms with Gasteiger partial charge in [-0.1, -0.05) is 44.2 Å². The number of benzene rings is 1. The van der Waals surface area contributed by atoms with Crippen LogP contribution in [-0.4, -0.2) is 6.54 Å². The Morgan fingerprint density at radius 3 is 2.25 bits per heavy atom. The van der Waals surface area contributed by atoms with E-state index >= 15 is 0 Å². The Kier molecular flexibility index (Phi) is 7.65. The summed E-state index contributed by atoms with van der Waals surface area (Å²) in [5.74, 6) is 5.13. The minimum absolute atomic E-state index is 0.837. The van der Waals surface area contributed by atoms with Gasteiger partial charge in [0.25, 0.3) is 0 Å². The molecule has 1 aromatic rings. The first-order valence-electron chi connectivity index (χ1n) is 4.41. The maximum absolute atomic E-state index is 5.13. The molecule has 0 fully saturated rings. The van der Waals surface area contributed by atoms with Crippen LogP contribution in [0.25, 0.3) is 0 Å². The van der Waals surface area contributed by atoms with Gasteiger partial charge in [0.15, 0.2) is 0 Å². The van der Waals surface area contributed by atoms with Crippen molar-refractivity contribution < 1.29 is 0 Å². The minimum Gasteiger partial charge on any atom is -0.271 e. The van der Waals surface area contributed by atoms with Gasteiger partial charge in [-0.2, -0.15) is 0 Å². The van der Waals surface area contributed by atoms with Crippen LogP contribution in [0.1, 0.15) is 19.4 Å². The fourth-order valence-corrected chi connectivity index (χ4v) is 0.861. The zero-order valence-corrected chi connectivity index (χ0v) is 7.88. The molecule has 1 aromatic carbocycles. The molecular formula is C10H18N2. The van der Waals surface area contributed by atoms with Crippen molar-refractivity contribution >= 4 is 0 Å². The molecule has 0 atom stereocenters. The summed E-state index contributed by atoms with van der Waals surface area (Å²) in [7, 11) is 0. The van der Waals surface area contributed by atoms with Gasteiger partial charge in [0, 0.05) is 6.54 Å². The first kappa shape index (κ1) is 11.1. The fraction of sp³-hybridized carbons (Fsp3) is 0.400. The molecule has 0 aromatic heterocycles. The maximum atomic E-state index is 5.13. The van der Waals surface area contributed by atoms with Crippen LogP contribution in [0.15, 0.2) is 30.3 Å². The molecule has 2 heteroatoms. The molecule has 0 aliphatic rings. The van der Waals surface area contributed by atoms with Gasteiger partial charge >= 0.3 is 0 Å². The first-order valence-corrected chi connectivity index (χ1v) is 4.41. The second-order valence-electron chi connectivity index (χ2n) is 2.19. The SMILES string of the molecule is CC.NNCCc1ccccc1. The fourth-order valence-electron chi connectivity index (χ4n) is 0.861. The van der Waals surface area contributed by atoms with Gasteiger partial charge in [-0.3, -0.25) is 11.3 Å². The van der Waals surface area contributed by atoms with Crippen LogP contribution in [-0.2, 0) is 6.42 Å². The molecule has 0 saturated carbocycles. The lowest BCUT2D eigenvalue weighted by atomic mass is 10.2. The summed E-state index contributed by atoms with van der Waals surface area (Å²) >= 11 is 0. The average Bonchev–Trinajstić information content (AvgIpc) is 2.19. The molecule has 0 aliphatic carbocycles. The van der Waals surface area contributed by atoms with Crippen LogP contribution < -0.4 is 11.3 Å². The molecule has 12 heavy (non-hydrogen) atoms. The summed E-state index contributed by atoms with van der Waals surface area (Å²) in [4.78, 5) is 0. The first-order chi connectivity index (χ1) is 5.93. The van der Waals surface area contributed by atoms with E-state index in [2.05, 4.69) is 17.6 Å². The predicted molar refractivity (Wildman–Crippen MR) is 53.7 cm³/mol. The number of rotatable bonds is 3. The Bertz CT molecular complexity index is 172. The Balaban J connectivity index is 0.000000561. The van der Waals surface area contributed by atoms with Crippen molar-refractivity contribution in [2.75, 3.05) is 6.54 Å². The highest BCUT2D eigenvalue weighted by atomic mass is 15.2. The lowest BCUT2D eigenvalue weighted by Gasteiger charge is -1.97. The highest BCUT2D eigenvalue weighted by Gasteiger charge is 1.86. The van der Waals surface area contributed by atoms with E-state index < -0.39 is 0 Å². The van der Waals surface area contributed by atoms with E-state index in [4.69, 9.17) is 5.84 Å². The Labute approximate surface area is 74.8 Å². The van der Waals surface area contributed by atoms with E-state index in [0.717, 1.165) is 13.0 Å². The van der Waals surface area contributed by atoms with Crippen LogP contribution in [0.2, 0.25) is 0 Å². The molecule has 0 saturated heterocycles. The molecular weight excluding hydrogens is 148 g/mol. The molecule has 3 N–H and O–H groups in total. The van der Waals surface area contributed by atoms with Gasteiger partial charge in [0.1, 0.15) is 0 Å². The topological polar surface area (TPSA) is 38.0 Å². The van der Waals surface area contributed by atoms with Gasteiger partial charge in [0.2, 0.25) is 0 Å². The Morgan fingerprint density at radius 2 is 1.75 bits per heavy atom. The quantitative estimate of drug-likeness (QED) is 0.530. The van der Waals surface area contributed by atoms with Crippen molar-refractivity contribution in [1.29, 1.82) is 0 Å². The van der Waals surface area contributed by atoms with Crippen LogP contribution in [0.5, 0.6) is 0 Å².